The molecule has 3 nitrogen and oxygen atoms in total. The minimum atomic E-state index is 0.607. The van der Waals surface area contributed by atoms with E-state index in [0.29, 0.717) is 11.4 Å². The molecule has 3 aromatic rings. The number of ether oxygens (including phenoxy) is 1. The molecule has 0 radical (unpaired) electrons. The summed E-state index contributed by atoms with van der Waals surface area (Å²) < 4.78 is 5.17. The Morgan fingerprint density at radius 3 is 2.48 bits per heavy atom. The molecule has 0 aliphatic carbocycles. The molecular weight excluding hydrogens is 304 g/mol. The number of benzene rings is 2. The van der Waals surface area contributed by atoms with Crippen LogP contribution in [0.15, 0.2) is 47.8 Å². The zero-order valence-electron chi connectivity index (χ0n) is 11.3. The molecule has 1 heterocycles. The molecule has 0 amide bonds. The Hall–Kier alpha value is -2.04. The Balaban J connectivity index is 1.94. The van der Waals surface area contributed by atoms with Crippen LogP contribution in [-0.2, 0) is 0 Å². The van der Waals surface area contributed by atoms with Crippen LogP contribution in [0.1, 0.15) is 0 Å². The summed E-state index contributed by atoms with van der Waals surface area (Å²) in [5.41, 5.74) is 9.48. The molecule has 106 valence electrons. The van der Waals surface area contributed by atoms with E-state index in [1.54, 1.807) is 18.4 Å². The van der Waals surface area contributed by atoms with Crippen LogP contribution in [0.4, 0.5) is 5.69 Å². The first-order valence-electron chi connectivity index (χ1n) is 6.33. The summed E-state index contributed by atoms with van der Waals surface area (Å²) in [6.45, 7) is 0. The second-order valence-corrected chi connectivity index (χ2v) is 5.80. The van der Waals surface area contributed by atoms with Crippen molar-refractivity contribution < 1.29 is 4.74 Å². The van der Waals surface area contributed by atoms with Gasteiger partial charge < -0.3 is 10.5 Å². The highest BCUT2D eigenvalue weighted by atomic mass is 35.5. The van der Waals surface area contributed by atoms with Gasteiger partial charge in [0.15, 0.2) is 0 Å². The molecule has 0 bridgehead atoms. The second-order valence-electron chi connectivity index (χ2n) is 4.50. The third kappa shape index (κ3) is 2.86. The van der Waals surface area contributed by atoms with Crippen molar-refractivity contribution in [2.24, 2.45) is 0 Å². The molecule has 0 unspecified atom stereocenters. The molecule has 5 heteroatoms. The summed E-state index contributed by atoms with van der Waals surface area (Å²) in [6, 6.07) is 13.3. The van der Waals surface area contributed by atoms with Crippen LogP contribution in [0.25, 0.3) is 21.8 Å². The second kappa shape index (κ2) is 5.76. The van der Waals surface area contributed by atoms with Gasteiger partial charge in [0.05, 0.1) is 18.5 Å². The fraction of sp³-hybridized carbons (Fsp3) is 0.0625. The van der Waals surface area contributed by atoms with Crippen molar-refractivity contribution in [1.82, 2.24) is 4.98 Å². The van der Waals surface area contributed by atoms with Crippen molar-refractivity contribution in [1.29, 1.82) is 0 Å². The van der Waals surface area contributed by atoms with Crippen molar-refractivity contribution in [2.75, 3.05) is 12.8 Å². The standard InChI is InChI=1S/C16H13ClN2OS/c1-20-15-7-4-11(8-13(15)18)14-9-21-16(19-14)10-2-5-12(17)6-3-10/h2-9H,18H2,1H3. The number of thiazole rings is 1. The average Bonchev–Trinajstić information content (AvgIpc) is 2.98. The highest BCUT2D eigenvalue weighted by Gasteiger charge is 2.08. The first-order valence-corrected chi connectivity index (χ1v) is 7.58. The molecule has 0 fully saturated rings. The van der Waals surface area contributed by atoms with Gasteiger partial charge in [-0.15, -0.1) is 11.3 Å². The monoisotopic (exact) mass is 316 g/mol. The third-order valence-electron chi connectivity index (χ3n) is 3.12. The summed E-state index contributed by atoms with van der Waals surface area (Å²) >= 11 is 7.50. The van der Waals surface area contributed by atoms with Gasteiger partial charge in [0.2, 0.25) is 0 Å². The predicted octanol–water partition coefficient (Wildman–Crippen LogP) is 4.72. The summed E-state index contributed by atoms with van der Waals surface area (Å²) in [5.74, 6) is 0.673. The Morgan fingerprint density at radius 2 is 1.81 bits per heavy atom. The van der Waals surface area contributed by atoms with Gasteiger partial charge in [0.1, 0.15) is 10.8 Å². The molecule has 3 rings (SSSR count). The molecule has 21 heavy (non-hydrogen) atoms. The topological polar surface area (TPSA) is 48.1 Å². The van der Waals surface area contributed by atoms with Gasteiger partial charge in [0.25, 0.3) is 0 Å². The van der Waals surface area contributed by atoms with Crippen LogP contribution in [0, 0.1) is 0 Å². The average molecular weight is 317 g/mol. The molecular formula is C16H13ClN2OS. The van der Waals surface area contributed by atoms with E-state index in [9.17, 15) is 0 Å². The Kier molecular flexibility index (Phi) is 3.82. The fourth-order valence-corrected chi connectivity index (χ4v) is 2.99. The summed E-state index contributed by atoms with van der Waals surface area (Å²) in [7, 11) is 1.60. The van der Waals surface area contributed by atoms with Gasteiger partial charge in [0, 0.05) is 21.5 Å². The van der Waals surface area contributed by atoms with E-state index in [1.165, 1.54) is 0 Å². The number of nitrogens with two attached hydrogens (primary N) is 1. The number of halogens is 1. The Bertz CT molecular complexity index is 768. The maximum absolute atomic E-state index is 5.94. The number of nitrogens with zero attached hydrogens (tertiary/aromatic N) is 1. The maximum Gasteiger partial charge on any atom is 0.141 e. The molecule has 2 N–H and O–H groups in total. The van der Waals surface area contributed by atoms with E-state index in [1.807, 2.05) is 47.8 Å². The lowest BCUT2D eigenvalue weighted by molar-refractivity contribution is 0.417. The Labute approximate surface area is 132 Å². The predicted molar refractivity (Wildman–Crippen MR) is 89.0 cm³/mol. The van der Waals surface area contributed by atoms with Gasteiger partial charge >= 0.3 is 0 Å². The van der Waals surface area contributed by atoms with Gasteiger partial charge in [-0.05, 0) is 30.3 Å². The van der Waals surface area contributed by atoms with Crippen molar-refractivity contribution in [3.8, 4) is 27.6 Å². The van der Waals surface area contributed by atoms with E-state index in [0.717, 1.165) is 26.9 Å². The first kappa shape index (κ1) is 13.9. The number of nitrogen functional groups attached to an aromatic ring is 1. The van der Waals surface area contributed by atoms with E-state index >= 15 is 0 Å². The summed E-state index contributed by atoms with van der Waals surface area (Å²) in [6.07, 6.45) is 0. The van der Waals surface area contributed by atoms with E-state index in [2.05, 4.69) is 4.98 Å². The first-order chi connectivity index (χ1) is 10.2. The summed E-state index contributed by atoms with van der Waals surface area (Å²) in [5, 5.41) is 3.69. The molecule has 0 atom stereocenters. The largest absolute Gasteiger partial charge is 0.495 e. The zero-order valence-corrected chi connectivity index (χ0v) is 12.9. The van der Waals surface area contributed by atoms with Crippen molar-refractivity contribution in [2.45, 2.75) is 0 Å². The lowest BCUT2D eigenvalue weighted by Gasteiger charge is -2.05. The number of anilines is 1. The number of rotatable bonds is 3. The molecule has 0 aliphatic heterocycles. The molecule has 0 spiro atoms. The highest BCUT2D eigenvalue weighted by molar-refractivity contribution is 7.13. The lowest BCUT2D eigenvalue weighted by Crippen LogP contribution is -1.92. The summed E-state index contributed by atoms with van der Waals surface area (Å²) in [4.78, 5) is 4.66. The molecule has 0 saturated heterocycles. The van der Waals surface area contributed by atoms with E-state index in [-0.39, 0.29) is 0 Å². The molecule has 1 aromatic heterocycles. The smallest absolute Gasteiger partial charge is 0.141 e. The van der Waals surface area contributed by atoms with E-state index in [4.69, 9.17) is 22.1 Å². The molecule has 0 aliphatic rings. The van der Waals surface area contributed by atoms with E-state index < -0.39 is 0 Å². The van der Waals surface area contributed by atoms with Gasteiger partial charge in [-0.25, -0.2) is 4.98 Å². The number of aromatic nitrogens is 1. The van der Waals surface area contributed by atoms with Gasteiger partial charge in [-0.1, -0.05) is 23.7 Å². The third-order valence-corrected chi connectivity index (χ3v) is 4.26. The lowest BCUT2D eigenvalue weighted by atomic mass is 10.1. The van der Waals surface area contributed by atoms with Crippen molar-refractivity contribution >= 4 is 28.6 Å². The normalized spacial score (nSPS) is 10.6. The number of hydrogen-bond acceptors (Lipinski definition) is 4. The number of methoxy groups -OCH3 is 1. The van der Waals surface area contributed by atoms with Crippen LogP contribution in [-0.4, -0.2) is 12.1 Å². The zero-order chi connectivity index (χ0) is 14.8. The van der Waals surface area contributed by atoms with Crippen LogP contribution < -0.4 is 10.5 Å². The highest BCUT2D eigenvalue weighted by Crippen LogP contribution is 2.32. The fourth-order valence-electron chi connectivity index (χ4n) is 2.03. The SMILES string of the molecule is COc1ccc(-c2csc(-c3ccc(Cl)cc3)n2)cc1N. The molecule has 0 saturated carbocycles. The van der Waals surface area contributed by atoms with Crippen LogP contribution in [0.2, 0.25) is 5.02 Å². The van der Waals surface area contributed by atoms with Gasteiger partial charge in [-0.2, -0.15) is 0 Å². The van der Waals surface area contributed by atoms with Gasteiger partial charge in [-0.3, -0.25) is 0 Å². The quantitative estimate of drug-likeness (QED) is 0.711. The van der Waals surface area contributed by atoms with Crippen LogP contribution in [0.5, 0.6) is 5.75 Å². The minimum absolute atomic E-state index is 0.607. The van der Waals surface area contributed by atoms with Crippen LogP contribution in [0.3, 0.4) is 0 Å². The van der Waals surface area contributed by atoms with Crippen molar-refractivity contribution in [3.05, 3.63) is 52.9 Å². The Morgan fingerprint density at radius 1 is 1.10 bits per heavy atom. The van der Waals surface area contributed by atoms with Crippen LogP contribution >= 0.6 is 22.9 Å². The minimum Gasteiger partial charge on any atom is -0.495 e. The number of hydrogen-bond donors (Lipinski definition) is 1. The van der Waals surface area contributed by atoms with Crippen molar-refractivity contribution in [3.63, 3.8) is 0 Å². The maximum atomic E-state index is 5.94. The molecule has 2 aromatic carbocycles.